The van der Waals surface area contributed by atoms with E-state index < -0.39 is 23.3 Å². The van der Waals surface area contributed by atoms with Crippen LogP contribution in [-0.2, 0) is 11.4 Å². The molecule has 11 nitrogen and oxygen atoms in total. The van der Waals surface area contributed by atoms with Gasteiger partial charge in [-0.2, -0.15) is 0 Å². The van der Waals surface area contributed by atoms with Crippen molar-refractivity contribution < 1.29 is 29.3 Å². The first-order valence-electron chi connectivity index (χ1n) is 17.4. The van der Waals surface area contributed by atoms with Gasteiger partial charge in [0, 0.05) is 46.5 Å². The predicted molar refractivity (Wildman–Crippen MR) is 192 cm³/mol. The zero-order chi connectivity index (χ0) is 34.1. The Labute approximate surface area is 292 Å². The summed E-state index contributed by atoms with van der Waals surface area (Å²) in [6.45, 7) is 1.84. The van der Waals surface area contributed by atoms with Gasteiger partial charge in [0.15, 0.2) is 5.96 Å². The van der Waals surface area contributed by atoms with Gasteiger partial charge in [-0.25, -0.2) is 4.99 Å². The van der Waals surface area contributed by atoms with E-state index in [9.17, 15) is 15.4 Å². The number of nitrogens with one attached hydrogen (secondary N) is 1. The molecule has 8 N–H and O–H groups in total. The van der Waals surface area contributed by atoms with Crippen LogP contribution in [0.3, 0.4) is 0 Å². The van der Waals surface area contributed by atoms with Crippen molar-refractivity contribution in [3.63, 3.8) is 0 Å². The van der Waals surface area contributed by atoms with E-state index in [1.165, 1.54) is 0 Å². The molecule has 0 radical (unpaired) electrons. The van der Waals surface area contributed by atoms with Gasteiger partial charge < -0.3 is 35.6 Å². The van der Waals surface area contributed by atoms with Crippen LogP contribution in [0.25, 0.3) is 11.0 Å². The number of hydrogen-bond donors (Lipinski definition) is 6. The molecular weight excluding hydrogens is 665 g/mol. The second kappa shape index (κ2) is 12.6. The second-order valence-electron chi connectivity index (χ2n) is 14.7. The zero-order valence-corrected chi connectivity index (χ0v) is 29.2. The molecule has 3 aliphatic carbocycles. The quantitative estimate of drug-likeness (QED) is 0.0819. The fourth-order valence-corrected chi connectivity index (χ4v) is 11.3. The van der Waals surface area contributed by atoms with Gasteiger partial charge in [0.25, 0.3) is 0 Å². The number of rotatable bonds is 5. The van der Waals surface area contributed by atoms with Crippen molar-refractivity contribution >= 4 is 44.2 Å². The van der Waals surface area contributed by atoms with Gasteiger partial charge >= 0.3 is 0 Å². The number of nitrogens with two attached hydrogens (primary N) is 2. The number of aliphatic hydroxyl groups is 2. The van der Waals surface area contributed by atoms with Crippen LogP contribution in [0, 0.1) is 0 Å². The second-order valence-corrected chi connectivity index (χ2v) is 17.2. The van der Waals surface area contributed by atoms with Gasteiger partial charge in [-0.05, 0) is 82.4 Å². The zero-order valence-electron chi connectivity index (χ0n) is 27.6. The maximum Gasteiger partial charge on any atom is 0.200 e. The maximum atomic E-state index is 15.4. The number of ether oxygens (including phenoxy) is 2. The Morgan fingerprint density at radius 2 is 1.82 bits per heavy atom. The number of hydrogen-bond acceptors (Lipinski definition) is 11. The van der Waals surface area contributed by atoms with Crippen molar-refractivity contribution in [3.8, 4) is 11.5 Å². The van der Waals surface area contributed by atoms with Gasteiger partial charge in [-0.1, -0.05) is 33.7 Å². The summed E-state index contributed by atoms with van der Waals surface area (Å²) in [7, 11) is 3.20. The van der Waals surface area contributed by atoms with E-state index in [1.54, 1.807) is 33.7 Å². The maximum absolute atomic E-state index is 15.4. The van der Waals surface area contributed by atoms with Crippen molar-refractivity contribution in [2.45, 2.75) is 118 Å². The van der Waals surface area contributed by atoms with E-state index in [0.717, 1.165) is 55.2 Å². The monoisotopic (exact) mass is 708 g/mol. The molecule has 2 aliphatic heterocycles. The molecule has 49 heavy (non-hydrogen) atoms. The van der Waals surface area contributed by atoms with Crippen molar-refractivity contribution in [1.82, 2.24) is 0 Å². The summed E-state index contributed by atoms with van der Waals surface area (Å²) in [4.78, 5) is 19.9. The van der Waals surface area contributed by atoms with Crippen LogP contribution in [0.4, 0.5) is 5.69 Å². The average molecular weight is 709 g/mol. The summed E-state index contributed by atoms with van der Waals surface area (Å²) in [6.07, 6.45) is 6.62. The lowest BCUT2D eigenvalue weighted by Crippen LogP contribution is -2.47. The number of aliphatic imine (C=N–C) groups is 1. The van der Waals surface area contributed by atoms with Gasteiger partial charge in [0.05, 0.1) is 23.4 Å². The summed E-state index contributed by atoms with van der Waals surface area (Å²) in [5, 5.41) is 34.0. The standard InChI is InChI=1S/C36H44N4O7S2/c1-35(42)13-4-7-23-26-29(46-32(23)35)24-17-49-48-16-20(39-34(37)38)15-36(43)14-12-22(18-8-10-19(40-44)11-9-18)25-28(41)27(30(24)47-33(25)36)31(26)45-21-5-2-3-6-21/h8-11,20-23,32,40,42-44H,2-7,12-17H2,1H3,(H4,37,38,39)/t20-,22-,23-,32-,35-,36+/m0/s1. The highest BCUT2D eigenvalue weighted by atomic mass is 33.1. The molecule has 2 fully saturated rings. The van der Waals surface area contributed by atoms with Crippen molar-refractivity contribution in [2.75, 3.05) is 11.2 Å². The molecule has 8 rings (SSSR count). The van der Waals surface area contributed by atoms with Gasteiger partial charge in [-0.15, -0.1) is 0 Å². The lowest BCUT2D eigenvalue weighted by Gasteiger charge is -2.38. The summed E-state index contributed by atoms with van der Waals surface area (Å²) in [6, 6.07) is 6.87. The Bertz CT molecular complexity index is 1860. The summed E-state index contributed by atoms with van der Waals surface area (Å²) >= 11 is 0. The first-order valence-corrected chi connectivity index (χ1v) is 19.9. The number of nitrogens with zero attached hydrogens (tertiary/aromatic N) is 1. The molecular formula is C36H44N4O7S2. The van der Waals surface area contributed by atoms with E-state index in [-0.39, 0.29) is 41.5 Å². The molecule has 13 heteroatoms. The lowest BCUT2D eigenvalue weighted by atomic mass is 9.71. The fourth-order valence-electron chi connectivity index (χ4n) is 9.00. The Kier molecular flexibility index (Phi) is 8.50. The minimum Gasteiger partial charge on any atom is -0.489 e. The molecule has 5 aliphatic rings. The van der Waals surface area contributed by atoms with Crippen LogP contribution in [0.5, 0.6) is 11.5 Å². The number of fused-ring (bicyclic) bond motifs is 4. The Morgan fingerprint density at radius 3 is 2.55 bits per heavy atom. The molecule has 2 saturated carbocycles. The van der Waals surface area contributed by atoms with Crippen molar-refractivity contribution in [2.24, 2.45) is 16.5 Å². The van der Waals surface area contributed by atoms with E-state index in [0.29, 0.717) is 64.5 Å². The Balaban J connectivity index is 1.43. The number of guanidine groups is 1. The summed E-state index contributed by atoms with van der Waals surface area (Å²) in [5.41, 5.74) is 14.9. The fraction of sp³-hybridized carbons (Fsp3) is 0.556. The molecule has 262 valence electrons. The third kappa shape index (κ3) is 5.65. The molecule has 1 aromatic heterocycles. The van der Waals surface area contributed by atoms with Crippen LogP contribution < -0.4 is 31.8 Å². The summed E-state index contributed by atoms with van der Waals surface area (Å²) < 4.78 is 20.7. The molecule has 0 amide bonds. The minimum atomic E-state index is -1.52. The third-order valence-electron chi connectivity index (χ3n) is 11.3. The SMILES string of the molecule is C[C@]1(O)CCC[C@H]2c3c(c4c5oc6c(c(=O)c5c3OC3CCCC3)[C@H](c3ccc(NO)cc3)CC[C@@]6(O)C[C@H](N=C(N)N)CSSC4)O[C@@H]21. The molecule has 6 atom stereocenters. The number of anilines is 1. The van der Waals surface area contributed by atoms with E-state index >= 15 is 4.79 Å². The van der Waals surface area contributed by atoms with Crippen LogP contribution in [0.1, 0.15) is 111 Å². The smallest absolute Gasteiger partial charge is 0.200 e. The molecule has 0 spiro atoms. The summed E-state index contributed by atoms with van der Waals surface area (Å²) in [5.74, 6) is 1.80. The van der Waals surface area contributed by atoms with Gasteiger partial charge in [0.2, 0.25) is 5.43 Å². The highest BCUT2D eigenvalue weighted by Gasteiger charge is 2.52. The molecule has 2 bridgehead atoms. The third-order valence-corrected chi connectivity index (χ3v) is 13.7. The topological polar surface area (TPSA) is 186 Å². The van der Waals surface area contributed by atoms with Crippen molar-refractivity contribution in [1.29, 1.82) is 0 Å². The van der Waals surface area contributed by atoms with Gasteiger partial charge in [0.1, 0.15) is 39.9 Å². The molecule has 0 saturated heterocycles. The molecule has 3 heterocycles. The van der Waals surface area contributed by atoms with Crippen LogP contribution in [0.15, 0.2) is 38.5 Å². The van der Waals surface area contributed by atoms with Crippen LogP contribution >= 0.6 is 21.6 Å². The average Bonchev–Trinajstić information content (AvgIpc) is 3.72. The first-order chi connectivity index (χ1) is 23.6. The van der Waals surface area contributed by atoms with E-state index in [4.69, 9.17) is 25.4 Å². The van der Waals surface area contributed by atoms with E-state index in [1.807, 2.05) is 19.1 Å². The molecule has 0 unspecified atom stereocenters. The minimum absolute atomic E-state index is 0.0460. The van der Waals surface area contributed by atoms with Crippen molar-refractivity contribution in [3.05, 3.63) is 62.5 Å². The normalized spacial score (nSPS) is 31.0. The molecule has 3 aromatic rings. The van der Waals surface area contributed by atoms with E-state index in [2.05, 4.69) is 10.5 Å². The Morgan fingerprint density at radius 1 is 1.04 bits per heavy atom. The highest BCUT2D eigenvalue weighted by Crippen LogP contribution is 2.58. The Hall–Kier alpha value is -3.10. The van der Waals surface area contributed by atoms with Gasteiger partial charge in [-0.3, -0.25) is 15.5 Å². The number of benzene rings is 2. The van der Waals surface area contributed by atoms with Crippen LogP contribution in [0.2, 0.25) is 0 Å². The lowest BCUT2D eigenvalue weighted by molar-refractivity contribution is -0.0727. The largest absolute Gasteiger partial charge is 0.489 e. The highest BCUT2D eigenvalue weighted by molar-refractivity contribution is 8.76. The first kappa shape index (κ1) is 33.1. The predicted octanol–water partition coefficient (Wildman–Crippen LogP) is 5.74. The molecule has 2 aromatic carbocycles. The van der Waals surface area contributed by atoms with Crippen LogP contribution in [-0.4, -0.2) is 51.0 Å².